The van der Waals surface area contributed by atoms with E-state index in [4.69, 9.17) is 9.47 Å². The molecule has 0 bridgehead atoms. The van der Waals surface area contributed by atoms with Crippen LogP contribution in [0.3, 0.4) is 0 Å². The van der Waals surface area contributed by atoms with E-state index < -0.39 is 11.9 Å². The first-order valence-electron chi connectivity index (χ1n) is 7.91. The molecule has 2 aliphatic rings. The Hall–Kier alpha value is -1.41. The van der Waals surface area contributed by atoms with Gasteiger partial charge in [-0.15, -0.1) is 0 Å². The van der Waals surface area contributed by atoms with Crippen LogP contribution in [-0.4, -0.2) is 53.3 Å². The zero-order valence-corrected chi connectivity index (χ0v) is 12.8. The van der Waals surface area contributed by atoms with Crippen molar-refractivity contribution in [1.29, 1.82) is 0 Å². The van der Waals surface area contributed by atoms with E-state index in [1.54, 1.807) is 0 Å². The molecule has 0 spiro atoms. The van der Waals surface area contributed by atoms with Crippen LogP contribution in [0.5, 0.6) is 6.01 Å². The molecule has 0 saturated carbocycles. The Bertz CT molecular complexity index is 513. The van der Waals surface area contributed by atoms with Crippen molar-refractivity contribution in [3.63, 3.8) is 0 Å². The van der Waals surface area contributed by atoms with Gasteiger partial charge in [-0.2, -0.15) is 18.2 Å². The van der Waals surface area contributed by atoms with E-state index >= 15 is 0 Å². The molecule has 0 radical (unpaired) electrons. The highest BCUT2D eigenvalue weighted by atomic mass is 19.4. The summed E-state index contributed by atoms with van der Waals surface area (Å²) in [6.07, 6.45) is 0.114. The first-order chi connectivity index (χ1) is 11.0. The fraction of sp³-hybridized carbons (Fsp3) is 0.733. The summed E-state index contributed by atoms with van der Waals surface area (Å²) < 4.78 is 48.8. The molecule has 0 amide bonds. The van der Waals surface area contributed by atoms with Gasteiger partial charge in [0.2, 0.25) is 0 Å². The Morgan fingerprint density at radius 1 is 1.13 bits per heavy atom. The molecule has 0 atom stereocenters. The lowest BCUT2D eigenvalue weighted by atomic mass is 10.0. The minimum Gasteiger partial charge on any atom is -0.460 e. The number of aromatic nitrogens is 2. The molecule has 2 aliphatic heterocycles. The first kappa shape index (κ1) is 16.4. The fourth-order valence-electron chi connectivity index (χ4n) is 3.11. The van der Waals surface area contributed by atoms with Crippen molar-refractivity contribution in [1.82, 2.24) is 14.9 Å². The SMILES string of the molecule is FC(F)(F)c1ccnc(OC2CCN(C3CCOCC3)CC2)n1. The first-order valence-corrected chi connectivity index (χ1v) is 7.91. The summed E-state index contributed by atoms with van der Waals surface area (Å²) in [4.78, 5) is 9.68. The second kappa shape index (κ2) is 7.00. The standard InChI is InChI=1S/C15H20F3N3O2/c16-15(17,18)13-1-6-19-14(20-13)23-12-2-7-21(8-3-12)11-4-9-22-10-5-11/h1,6,11-12H,2-5,7-10H2. The van der Waals surface area contributed by atoms with Gasteiger partial charge in [0, 0.05) is 38.5 Å². The van der Waals surface area contributed by atoms with E-state index in [0.717, 1.165) is 64.2 Å². The summed E-state index contributed by atoms with van der Waals surface area (Å²) in [7, 11) is 0. The minimum atomic E-state index is -4.48. The third-order valence-corrected chi connectivity index (χ3v) is 4.38. The molecule has 8 heteroatoms. The Balaban J connectivity index is 1.52. The molecule has 2 fully saturated rings. The maximum atomic E-state index is 12.6. The van der Waals surface area contributed by atoms with Gasteiger partial charge in [-0.05, 0) is 31.7 Å². The molecule has 2 saturated heterocycles. The Morgan fingerprint density at radius 3 is 2.48 bits per heavy atom. The van der Waals surface area contributed by atoms with Gasteiger partial charge >= 0.3 is 12.2 Å². The summed E-state index contributed by atoms with van der Waals surface area (Å²) in [5, 5.41) is 0. The van der Waals surface area contributed by atoms with Crippen molar-refractivity contribution < 1.29 is 22.6 Å². The fourth-order valence-corrected chi connectivity index (χ4v) is 3.11. The van der Waals surface area contributed by atoms with Gasteiger partial charge in [-0.25, -0.2) is 4.98 Å². The molecule has 1 aromatic rings. The maximum absolute atomic E-state index is 12.6. The number of alkyl halides is 3. The van der Waals surface area contributed by atoms with E-state index in [9.17, 15) is 13.2 Å². The van der Waals surface area contributed by atoms with Crippen LogP contribution >= 0.6 is 0 Å². The van der Waals surface area contributed by atoms with Crippen LogP contribution in [0.1, 0.15) is 31.4 Å². The van der Waals surface area contributed by atoms with Crippen LogP contribution in [0.4, 0.5) is 13.2 Å². The predicted octanol–water partition coefficient (Wildman–Crippen LogP) is 2.52. The number of rotatable bonds is 3. The molecule has 0 aromatic carbocycles. The second-order valence-corrected chi connectivity index (χ2v) is 5.92. The normalized spacial score (nSPS) is 22.2. The molecule has 128 valence electrons. The van der Waals surface area contributed by atoms with E-state index in [1.165, 1.54) is 0 Å². The lowest BCUT2D eigenvalue weighted by molar-refractivity contribution is -0.141. The molecule has 23 heavy (non-hydrogen) atoms. The monoisotopic (exact) mass is 331 g/mol. The van der Waals surface area contributed by atoms with Crippen LogP contribution in [0.25, 0.3) is 0 Å². The molecule has 0 unspecified atom stereocenters. The highest BCUT2D eigenvalue weighted by Crippen LogP contribution is 2.28. The molecule has 5 nitrogen and oxygen atoms in total. The summed E-state index contributed by atoms with van der Waals surface area (Å²) in [6, 6.07) is 1.21. The second-order valence-electron chi connectivity index (χ2n) is 5.92. The highest BCUT2D eigenvalue weighted by molar-refractivity contribution is 5.09. The van der Waals surface area contributed by atoms with Crippen molar-refractivity contribution in [2.45, 2.75) is 44.0 Å². The maximum Gasteiger partial charge on any atom is 0.433 e. The van der Waals surface area contributed by atoms with E-state index in [-0.39, 0.29) is 12.1 Å². The zero-order valence-electron chi connectivity index (χ0n) is 12.8. The molecule has 1 aromatic heterocycles. The Morgan fingerprint density at radius 2 is 1.83 bits per heavy atom. The van der Waals surface area contributed by atoms with E-state index in [0.29, 0.717) is 6.04 Å². The smallest absolute Gasteiger partial charge is 0.433 e. The lowest BCUT2D eigenvalue weighted by Gasteiger charge is -2.38. The van der Waals surface area contributed by atoms with Crippen LogP contribution in [-0.2, 0) is 10.9 Å². The van der Waals surface area contributed by atoms with Crippen LogP contribution in [0.15, 0.2) is 12.3 Å². The highest BCUT2D eigenvalue weighted by Gasteiger charge is 2.33. The number of hydrogen-bond donors (Lipinski definition) is 0. The van der Waals surface area contributed by atoms with Gasteiger partial charge in [0.25, 0.3) is 0 Å². The molecular weight excluding hydrogens is 311 g/mol. The van der Waals surface area contributed by atoms with E-state index in [1.807, 2.05) is 0 Å². The van der Waals surface area contributed by atoms with Gasteiger partial charge in [0.05, 0.1) is 0 Å². The van der Waals surface area contributed by atoms with Crippen LogP contribution in [0.2, 0.25) is 0 Å². The zero-order chi connectivity index (χ0) is 16.3. The average molecular weight is 331 g/mol. The van der Waals surface area contributed by atoms with Gasteiger partial charge in [-0.1, -0.05) is 0 Å². The molecule has 3 heterocycles. The molecule has 3 rings (SSSR count). The van der Waals surface area contributed by atoms with Gasteiger partial charge in [-0.3, -0.25) is 4.90 Å². The number of likely N-dealkylation sites (tertiary alicyclic amines) is 1. The van der Waals surface area contributed by atoms with Crippen molar-refractivity contribution in [3.05, 3.63) is 18.0 Å². The summed E-state index contributed by atoms with van der Waals surface area (Å²) >= 11 is 0. The summed E-state index contributed by atoms with van der Waals surface area (Å²) in [5.41, 5.74) is -0.970. The topological polar surface area (TPSA) is 47.5 Å². The molecule has 0 aliphatic carbocycles. The quantitative estimate of drug-likeness (QED) is 0.852. The number of hydrogen-bond acceptors (Lipinski definition) is 5. The van der Waals surface area contributed by atoms with Gasteiger partial charge < -0.3 is 9.47 Å². The van der Waals surface area contributed by atoms with E-state index in [2.05, 4.69) is 14.9 Å². The third-order valence-electron chi connectivity index (χ3n) is 4.38. The minimum absolute atomic E-state index is 0.130. The van der Waals surface area contributed by atoms with Crippen LogP contribution in [0, 0.1) is 0 Å². The molecule has 0 N–H and O–H groups in total. The third kappa shape index (κ3) is 4.32. The molecular formula is C15H20F3N3O2. The van der Waals surface area contributed by atoms with Gasteiger partial charge in [0.1, 0.15) is 6.10 Å². The number of piperidine rings is 1. The average Bonchev–Trinajstić information content (AvgIpc) is 2.56. The van der Waals surface area contributed by atoms with Gasteiger partial charge in [0.15, 0.2) is 5.69 Å². The van der Waals surface area contributed by atoms with Crippen LogP contribution < -0.4 is 4.74 Å². The number of ether oxygens (including phenoxy) is 2. The summed E-state index contributed by atoms with van der Waals surface area (Å²) in [6.45, 7) is 3.38. The van der Waals surface area contributed by atoms with Crippen molar-refractivity contribution in [2.24, 2.45) is 0 Å². The largest absolute Gasteiger partial charge is 0.460 e. The lowest BCUT2D eigenvalue weighted by Crippen LogP contribution is -2.46. The van der Waals surface area contributed by atoms with Crippen molar-refractivity contribution >= 4 is 0 Å². The van der Waals surface area contributed by atoms with Crippen molar-refractivity contribution in [3.8, 4) is 6.01 Å². The Labute approximate surface area is 132 Å². The Kier molecular flexibility index (Phi) is 5.01. The summed E-state index contributed by atoms with van der Waals surface area (Å²) in [5.74, 6) is 0. The van der Waals surface area contributed by atoms with Crippen molar-refractivity contribution in [2.75, 3.05) is 26.3 Å². The predicted molar refractivity (Wildman–Crippen MR) is 76.1 cm³/mol. The number of nitrogens with zero attached hydrogens (tertiary/aromatic N) is 3. The number of halogens is 3.